The zero-order valence-corrected chi connectivity index (χ0v) is 8.62. The van der Waals surface area contributed by atoms with Crippen molar-refractivity contribution in [2.24, 2.45) is 5.73 Å². The van der Waals surface area contributed by atoms with Crippen LogP contribution in [0.2, 0.25) is 0 Å². The molecule has 1 atom stereocenters. The molecule has 0 aromatic carbocycles. The molecule has 0 radical (unpaired) electrons. The molecule has 15 heavy (non-hydrogen) atoms. The predicted molar refractivity (Wildman–Crippen MR) is 56.5 cm³/mol. The van der Waals surface area contributed by atoms with Gasteiger partial charge in [0.1, 0.15) is 0 Å². The number of rotatable bonds is 1. The van der Waals surface area contributed by atoms with Crippen LogP contribution in [0.4, 0.5) is 0 Å². The van der Waals surface area contributed by atoms with E-state index in [2.05, 4.69) is 11.1 Å². The van der Waals surface area contributed by atoms with Crippen LogP contribution in [0.15, 0.2) is 6.07 Å². The topological polar surface area (TPSA) is 56.0 Å². The number of amides is 1. The molecule has 2 aliphatic carbocycles. The molecule has 2 N–H and O–H groups in total. The van der Waals surface area contributed by atoms with Gasteiger partial charge in [0.2, 0.25) is 5.91 Å². The molecule has 0 aliphatic heterocycles. The monoisotopic (exact) mass is 202 g/mol. The lowest BCUT2D eigenvalue weighted by Gasteiger charge is -2.08. The van der Waals surface area contributed by atoms with Crippen molar-refractivity contribution in [2.75, 3.05) is 0 Å². The number of nitrogens with zero attached hydrogens (tertiary/aromatic N) is 1. The summed E-state index contributed by atoms with van der Waals surface area (Å²) in [6.07, 6.45) is 5.22. The number of fused-ring (bicyclic) bond motifs is 2. The highest BCUT2D eigenvalue weighted by molar-refractivity contribution is 5.82. The van der Waals surface area contributed by atoms with Crippen molar-refractivity contribution in [1.29, 1.82) is 0 Å². The fraction of sp³-hybridized carbons (Fsp3) is 0.500. The minimum absolute atomic E-state index is 0.133. The third-order valence-corrected chi connectivity index (χ3v) is 3.54. The molecule has 0 spiro atoms. The van der Waals surface area contributed by atoms with E-state index < -0.39 is 0 Å². The summed E-state index contributed by atoms with van der Waals surface area (Å²) < 4.78 is 0. The van der Waals surface area contributed by atoms with Gasteiger partial charge in [-0.2, -0.15) is 0 Å². The maximum Gasteiger partial charge on any atom is 0.226 e. The van der Waals surface area contributed by atoms with E-state index in [1.165, 1.54) is 23.2 Å². The van der Waals surface area contributed by atoms with Crippen LogP contribution in [0, 0.1) is 0 Å². The molecule has 1 unspecified atom stereocenters. The van der Waals surface area contributed by atoms with Crippen LogP contribution in [-0.2, 0) is 24.1 Å². The minimum Gasteiger partial charge on any atom is -0.369 e. The van der Waals surface area contributed by atoms with Gasteiger partial charge in [0.25, 0.3) is 0 Å². The summed E-state index contributed by atoms with van der Waals surface area (Å²) in [7, 11) is 0. The summed E-state index contributed by atoms with van der Waals surface area (Å²) in [5, 5.41) is 0. The Hall–Kier alpha value is -1.38. The summed E-state index contributed by atoms with van der Waals surface area (Å²) in [5.74, 6) is -0.356. The maximum atomic E-state index is 11.2. The molecule has 1 amide bonds. The van der Waals surface area contributed by atoms with Crippen LogP contribution in [0.25, 0.3) is 0 Å². The van der Waals surface area contributed by atoms with E-state index in [1.54, 1.807) is 0 Å². The van der Waals surface area contributed by atoms with Crippen molar-refractivity contribution in [3.63, 3.8) is 0 Å². The van der Waals surface area contributed by atoms with Crippen molar-refractivity contribution in [3.8, 4) is 0 Å². The zero-order chi connectivity index (χ0) is 10.4. The standard InChI is InChI=1S/C12H14N2O/c13-12(15)9-5-4-8-6-7-2-1-3-10(7)14-11(8)9/h6,9H,1-5H2,(H2,13,15). The van der Waals surface area contributed by atoms with E-state index in [4.69, 9.17) is 5.73 Å². The van der Waals surface area contributed by atoms with Crippen LogP contribution in [0.3, 0.4) is 0 Å². The Morgan fingerprint density at radius 2 is 2.20 bits per heavy atom. The molecule has 1 aromatic rings. The van der Waals surface area contributed by atoms with Crippen molar-refractivity contribution in [3.05, 3.63) is 28.6 Å². The molecule has 1 heterocycles. The molecular formula is C12H14N2O. The number of aromatic nitrogens is 1. The Morgan fingerprint density at radius 1 is 1.33 bits per heavy atom. The quantitative estimate of drug-likeness (QED) is 0.741. The lowest BCUT2D eigenvalue weighted by molar-refractivity contribution is -0.119. The van der Waals surface area contributed by atoms with Gasteiger partial charge >= 0.3 is 0 Å². The summed E-state index contributed by atoms with van der Waals surface area (Å²) in [5.41, 5.74) is 10.2. The summed E-state index contributed by atoms with van der Waals surface area (Å²) in [6.45, 7) is 0. The fourth-order valence-corrected chi connectivity index (χ4v) is 2.75. The van der Waals surface area contributed by atoms with Gasteiger partial charge in [-0.25, -0.2) is 0 Å². The molecule has 3 nitrogen and oxygen atoms in total. The van der Waals surface area contributed by atoms with Crippen molar-refractivity contribution in [1.82, 2.24) is 4.98 Å². The number of hydrogen-bond acceptors (Lipinski definition) is 2. The van der Waals surface area contributed by atoms with Crippen molar-refractivity contribution < 1.29 is 4.79 Å². The highest BCUT2D eigenvalue weighted by atomic mass is 16.1. The third-order valence-electron chi connectivity index (χ3n) is 3.54. The Labute approximate surface area is 88.7 Å². The number of aryl methyl sites for hydroxylation is 3. The van der Waals surface area contributed by atoms with Crippen LogP contribution in [0.1, 0.15) is 41.3 Å². The van der Waals surface area contributed by atoms with E-state index in [0.29, 0.717) is 0 Å². The molecule has 3 heteroatoms. The van der Waals surface area contributed by atoms with Crippen LogP contribution >= 0.6 is 0 Å². The van der Waals surface area contributed by atoms with E-state index in [9.17, 15) is 4.79 Å². The van der Waals surface area contributed by atoms with E-state index in [1.807, 2.05) is 0 Å². The molecule has 0 fully saturated rings. The summed E-state index contributed by atoms with van der Waals surface area (Å²) in [4.78, 5) is 15.9. The van der Waals surface area contributed by atoms with E-state index in [0.717, 1.165) is 31.4 Å². The highest BCUT2D eigenvalue weighted by Gasteiger charge is 2.30. The molecule has 0 bridgehead atoms. The second-order valence-electron chi connectivity index (χ2n) is 4.49. The van der Waals surface area contributed by atoms with Gasteiger partial charge < -0.3 is 5.73 Å². The maximum absolute atomic E-state index is 11.2. The first-order valence-corrected chi connectivity index (χ1v) is 5.56. The highest BCUT2D eigenvalue weighted by Crippen LogP contribution is 2.34. The van der Waals surface area contributed by atoms with Gasteiger partial charge in [-0.15, -0.1) is 0 Å². The second-order valence-corrected chi connectivity index (χ2v) is 4.49. The Morgan fingerprint density at radius 3 is 3.00 bits per heavy atom. The lowest BCUT2D eigenvalue weighted by atomic mass is 10.1. The SMILES string of the molecule is NC(=O)C1CCc2cc3c(nc21)CCC3. The zero-order valence-electron chi connectivity index (χ0n) is 8.62. The van der Waals surface area contributed by atoms with Crippen LogP contribution < -0.4 is 5.73 Å². The Kier molecular flexibility index (Phi) is 1.81. The third kappa shape index (κ3) is 1.26. The smallest absolute Gasteiger partial charge is 0.226 e. The van der Waals surface area contributed by atoms with Gasteiger partial charge in [0.15, 0.2) is 0 Å². The fourth-order valence-electron chi connectivity index (χ4n) is 2.75. The number of carbonyl (C=O) groups is 1. The second kappa shape index (κ2) is 3.05. The lowest BCUT2D eigenvalue weighted by Crippen LogP contribution is -2.20. The minimum atomic E-state index is -0.223. The Bertz CT molecular complexity index is 439. The van der Waals surface area contributed by atoms with Gasteiger partial charge in [-0.3, -0.25) is 9.78 Å². The summed E-state index contributed by atoms with van der Waals surface area (Å²) >= 11 is 0. The van der Waals surface area contributed by atoms with Gasteiger partial charge in [0, 0.05) is 5.69 Å². The first-order chi connectivity index (χ1) is 7.25. The van der Waals surface area contributed by atoms with Crippen LogP contribution in [-0.4, -0.2) is 10.9 Å². The number of carbonyl (C=O) groups excluding carboxylic acids is 1. The average Bonchev–Trinajstić information content (AvgIpc) is 2.77. The molecule has 0 saturated carbocycles. The van der Waals surface area contributed by atoms with Crippen molar-refractivity contribution in [2.45, 2.75) is 38.0 Å². The molecule has 3 rings (SSSR count). The number of pyridine rings is 1. The molecule has 2 aliphatic rings. The van der Waals surface area contributed by atoms with Gasteiger partial charge in [-0.05, 0) is 43.2 Å². The largest absolute Gasteiger partial charge is 0.369 e. The van der Waals surface area contributed by atoms with Crippen LogP contribution in [0.5, 0.6) is 0 Å². The van der Waals surface area contributed by atoms with Gasteiger partial charge in [0.05, 0.1) is 11.6 Å². The number of nitrogens with two attached hydrogens (primary N) is 1. The number of primary amides is 1. The Balaban J connectivity index is 2.10. The number of hydrogen-bond donors (Lipinski definition) is 1. The van der Waals surface area contributed by atoms with E-state index in [-0.39, 0.29) is 11.8 Å². The average molecular weight is 202 g/mol. The van der Waals surface area contributed by atoms with E-state index >= 15 is 0 Å². The predicted octanol–water partition coefficient (Wildman–Crippen LogP) is 1.09. The molecular weight excluding hydrogens is 188 g/mol. The first-order valence-electron chi connectivity index (χ1n) is 5.56. The first kappa shape index (κ1) is 8.89. The van der Waals surface area contributed by atoms with Crippen molar-refractivity contribution >= 4 is 5.91 Å². The molecule has 78 valence electrons. The molecule has 1 aromatic heterocycles. The molecule has 0 saturated heterocycles. The summed E-state index contributed by atoms with van der Waals surface area (Å²) in [6, 6.07) is 2.24. The normalized spacial score (nSPS) is 22.5. The van der Waals surface area contributed by atoms with Gasteiger partial charge in [-0.1, -0.05) is 6.07 Å².